The molecule has 6 nitrogen and oxygen atoms in total. The maximum absolute atomic E-state index is 12.2. The molecule has 0 aliphatic carbocycles. The molecule has 0 spiro atoms. The van der Waals surface area contributed by atoms with Crippen molar-refractivity contribution in [3.05, 3.63) is 52.0 Å². The molecule has 2 amide bonds. The molecule has 27 heavy (non-hydrogen) atoms. The number of carboxylic acid groups (broad SMARTS) is 1. The van der Waals surface area contributed by atoms with Crippen LogP contribution in [-0.2, 0) is 17.6 Å². The lowest BCUT2D eigenvalue weighted by Gasteiger charge is -2.18. The number of benzene rings is 1. The second kappa shape index (κ2) is 10.7. The minimum atomic E-state index is -0.861. The summed E-state index contributed by atoms with van der Waals surface area (Å²) in [6.45, 7) is 4.71. The van der Waals surface area contributed by atoms with E-state index in [9.17, 15) is 9.59 Å². The molecule has 7 heteroatoms. The summed E-state index contributed by atoms with van der Waals surface area (Å²) >= 11 is 1.64. The largest absolute Gasteiger partial charge is 0.481 e. The molecular formula is C20H27N3O3S. The van der Waals surface area contributed by atoms with Gasteiger partial charge in [0.05, 0.1) is 10.7 Å². The fraction of sp³-hybridized carbons (Fsp3) is 0.450. The first-order chi connectivity index (χ1) is 12.9. The Bertz CT molecular complexity index is 731. The normalized spacial score (nSPS) is 12.0. The van der Waals surface area contributed by atoms with Gasteiger partial charge in [0.2, 0.25) is 0 Å². The lowest BCUT2D eigenvalue weighted by Crippen LogP contribution is -2.44. The molecule has 146 valence electrons. The maximum atomic E-state index is 12.2. The number of aliphatic carboxylic acids is 1. The summed E-state index contributed by atoms with van der Waals surface area (Å²) in [5, 5.41) is 17.8. The van der Waals surface area contributed by atoms with Crippen molar-refractivity contribution in [3.63, 3.8) is 0 Å². The number of rotatable bonds is 10. The summed E-state index contributed by atoms with van der Waals surface area (Å²) in [5.41, 5.74) is 2.05. The Hall–Kier alpha value is -2.41. The monoisotopic (exact) mass is 389 g/mol. The lowest BCUT2D eigenvalue weighted by atomic mass is 10.0. The van der Waals surface area contributed by atoms with Gasteiger partial charge in [0.15, 0.2) is 0 Å². The minimum absolute atomic E-state index is 0.0224. The van der Waals surface area contributed by atoms with Crippen molar-refractivity contribution in [1.29, 1.82) is 0 Å². The first-order valence-electron chi connectivity index (χ1n) is 9.18. The summed E-state index contributed by atoms with van der Waals surface area (Å²) in [7, 11) is 0. The highest BCUT2D eigenvalue weighted by atomic mass is 32.1. The summed E-state index contributed by atoms with van der Waals surface area (Å²) in [6, 6.07) is 9.24. The molecule has 0 aliphatic rings. The highest BCUT2D eigenvalue weighted by molar-refractivity contribution is 7.09. The molecule has 0 saturated carbocycles. The SMILES string of the molecule is CC(C)c1nc(CCNC(=O)NC(CCC(=O)O)Cc2ccccc2)cs1. The van der Waals surface area contributed by atoms with Gasteiger partial charge in [-0.2, -0.15) is 0 Å². The van der Waals surface area contributed by atoms with Crippen LogP contribution in [0.4, 0.5) is 4.79 Å². The third-order valence-electron chi connectivity index (χ3n) is 4.10. The van der Waals surface area contributed by atoms with Crippen LogP contribution in [0.25, 0.3) is 0 Å². The highest BCUT2D eigenvalue weighted by Crippen LogP contribution is 2.19. The number of carbonyl (C=O) groups is 2. The molecule has 2 aromatic rings. The van der Waals surface area contributed by atoms with Crippen LogP contribution >= 0.6 is 11.3 Å². The molecule has 0 bridgehead atoms. The average molecular weight is 390 g/mol. The molecule has 0 radical (unpaired) electrons. The first kappa shape index (κ1) is 20.9. The van der Waals surface area contributed by atoms with Crippen molar-refractivity contribution in [3.8, 4) is 0 Å². The van der Waals surface area contributed by atoms with Gasteiger partial charge in [-0.25, -0.2) is 9.78 Å². The number of thiazole rings is 1. The van der Waals surface area contributed by atoms with Crippen molar-refractivity contribution >= 4 is 23.3 Å². The van der Waals surface area contributed by atoms with Crippen molar-refractivity contribution in [1.82, 2.24) is 15.6 Å². The van der Waals surface area contributed by atoms with E-state index in [1.807, 2.05) is 35.7 Å². The van der Waals surface area contributed by atoms with Gasteiger partial charge in [-0.3, -0.25) is 4.79 Å². The Balaban J connectivity index is 1.81. The van der Waals surface area contributed by atoms with E-state index in [0.717, 1.165) is 16.3 Å². The van der Waals surface area contributed by atoms with Crippen LogP contribution < -0.4 is 10.6 Å². The topological polar surface area (TPSA) is 91.3 Å². The second-order valence-electron chi connectivity index (χ2n) is 6.80. The molecular weight excluding hydrogens is 362 g/mol. The molecule has 1 heterocycles. The number of hydrogen-bond donors (Lipinski definition) is 3. The van der Waals surface area contributed by atoms with Crippen LogP contribution in [-0.4, -0.2) is 34.7 Å². The Labute approximate surface area is 164 Å². The molecule has 1 aromatic carbocycles. The quantitative estimate of drug-likeness (QED) is 0.579. The third kappa shape index (κ3) is 7.78. The Morgan fingerprint density at radius 2 is 1.96 bits per heavy atom. The zero-order valence-electron chi connectivity index (χ0n) is 15.8. The zero-order valence-corrected chi connectivity index (χ0v) is 16.6. The van der Waals surface area contributed by atoms with E-state index in [1.165, 1.54) is 0 Å². The zero-order chi connectivity index (χ0) is 19.6. The highest BCUT2D eigenvalue weighted by Gasteiger charge is 2.15. The number of amides is 2. The molecule has 1 unspecified atom stereocenters. The van der Waals surface area contributed by atoms with E-state index in [4.69, 9.17) is 5.11 Å². The van der Waals surface area contributed by atoms with Gasteiger partial charge in [-0.05, 0) is 18.4 Å². The summed E-state index contributed by atoms with van der Waals surface area (Å²) in [5.74, 6) is -0.451. The number of carbonyl (C=O) groups excluding carboxylic acids is 1. The number of hydrogen-bond acceptors (Lipinski definition) is 4. The van der Waals surface area contributed by atoms with E-state index in [-0.39, 0.29) is 18.5 Å². The number of urea groups is 1. The molecule has 2 rings (SSSR count). The van der Waals surface area contributed by atoms with E-state index in [0.29, 0.717) is 31.7 Å². The van der Waals surface area contributed by atoms with Gasteiger partial charge in [-0.1, -0.05) is 44.2 Å². The van der Waals surface area contributed by atoms with Gasteiger partial charge >= 0.3 is 12.0 Å². The smallest absolute Gasteiger partial charge is 0.315 e. The van der Waals surface area contributed by atoms with Gasteiger partial charge in [0, 0.05) is 36.7 Å². The predicted octanol–water partition coefficient (Wildman–Crippen LogP) is 3.58. The summed E-state index contributed by atoms with van der Waals surface area (Å²) in [6.07, 6.45) is 1.69. The first-order valence-corrected chi connectivity index (χ1v) is 10.1. The van der Waals surface area contributed by atoms with Gasteiger partial charge < -0.3 is 15.7 Å². The molecule has 3 N–H and O–H groups in total. The molecule has 0 aliphatic heterocycles. The van der Waals surface area contributed by atoms with Gasteiger partial charge in [-0.15, -0.1) is 11.3 Å². The molecule has 0 fully saturated rings. The van der Waals surface area contributed by atoms with Crippen molar-refractivity contribution in [2.75, 3.05) is 6.54 Å². The average Bonchev–Trinajstić information content (AvgIpc) is 3.10. The van der Waals surface area contributed by atoms with Gasteiger partial charge in [0.25, 0.3) is 0 Å². The maximum Gasteiger partial charge on any atom is 0.315 e. The third-order valence-corrected chi connectivity index (χ3v) is 5.29. The predicted molar refractivity (Wildman–Crippen MR) is 107 cm³/mol. The minimum Gasteiger partial charge on any atom is -0.481 e. The lowest BCUT2D eigenvalue weighted by molar-refractivity contribution is -0.137. The van der Waals surface area contributed by atoms with Crippen molar-refractivity contribution in [2.45, 2.75) is 51.5 Å². The molecule has 1 atom stereocenters. The number of nitrogens with zero attached hydrogens (tertiary/aromatic N) is 1. The second-order valence-corrected chi connectivity index (χ2v) is 7.69. The van der Waals surface area contributed by atoms with Gasteiger partial charge in [0.1, 0.15) is 0 Å². The molecule has 1 aromatic heterocycles. The van der Waals surface area contributed by atoms with Crippen LogP contribution in [0.3, 0.4) is 0 Å². The number of aromatic nitrogens is 1. The van der Waals surface area contributed by atoms with E-state index >= 15 is 0 Å². The van der Waals surface area contributed by atoms with Crippen LogP contribution in [0.1, 0.15) is 48.9 Å². The summed E-state index contributed by atoms with van der Waals surface area (Å²) < 4.78 is 0. The Kier molecular flexibility index (Phi) is 8.26. The van der Waals surface area contributed by atoms with Crippen LogP contribution in [0.15, 0.2) is 35.7 Å². The number of carboxylic acids is 1. The Morgan fingerprint density at radius 3 is 2.59 bits per heavy atom. The van der Waals surface area contributed by atoms with Crippen LogP contribution in [0.5, 0.6) is 0 Å². The summed E-state index contributed by atoms with van der Waals surface area (Å²) in [4.78, 5) is 27.6. The Morgan fingerprint density at radius 1 is 1.22 bits per heavy atom. The standard InChI is InChI=1S/C20H27N3O3S/c1-14(2)19-22-17(13-27-19)10-11-21-20(26)23-16(8-9-18(24)25)12-15-6-4-3-5-7-15/h3-7,13-14,16H,8-12H2,1-2H3,(H,24,25)(H2,21,23,26). The molecule has 0 saturated heterocycles. The van der Waals surface area contributed by atoms with E-state index in [1.54, 1.807) is 11.3 Å². The van der Waals surface area contributed by atoms with Crippen molar-refractivity contribution in [2.24, 2.45) is 0 Å². The number of nitrogens with one attached hydrogen (secondary N) is 2. The van der Waals surface area contributed by atoms with E-state index in [2.05, 4.69) is 29.5 Å². The van der Waals surface area contributed by atoms with Crippen LogP contribution in [0.2, 0.25) is 0 Å². The van der Waals surface area contributed by atoms with Crippen molar-refractivity contribution < 1.29 is 14.7 Å². The van der Waals surface area contributed by atoms with E-state index < -0.39 is 5.97 Å². The van der Waals surface area contributed by atoms with Crippen LogP contribution in [0, 0.1) is 0 Å². The fourth-order valence-electron chi connectivity index (χ4n) is 2.66. The fourth-order valence-corrected chi connectivity index (χ4v) is 3.53.